The first-order valence-corrected chi connectivity index (χ1v) is 6.66. The number of rotatable bonds is 7. The lowest BCUT2D eigenvalue weighted by atomic mass is 10.1. The van der Waals surface area contributed by atoms with Crippen LogP contribution in [-0.4, -0.2) is 35.2 Å². The second-order valence-corrected chi connectivity index (χ2v) is 4.11. The molecule has 0 saturated heterocycles. The van der Waals surface area contributed by atoms with Gasteiger partial charge in [-0.1, -0.05) is 30.3 Å². The minimum Gasteiger partial charge on any atom is -0.464 e. The minimum atomic E-state index is 0.328. The van der Waals surface area contributed by atoms with Gasteiger partial charge in [0.25, 0.3) is 0 Å². The van der Waals surface area contributed by atoms with Crippen LogP contribution in [0.1, 0.15) is 12.5 Å². The van der Waals surface area contributed by atoms with Crippen molar-refractivity contribution in [3.63, 3.8) is 0 Å². The first kappa shape index (κ1) is 14.0. The molecule has 1 aromatic heterocycles. The summed E-state index contributed by atoms with van der Waals surface area (Å²) in [4.78, 5) is 12.6. The maximum Gasteiger partial charge on any atom is 0.323 e. The van der Waals surface area contributed by atoms with Crippen LogP contribution in [0, 0.1) is 0 Å². The molecular weight excluding hydrogens is 254 g/mol. The number of anilines is 2. The van der Waals surface area contributed by atoms with Crippen LogP contribution in [0.15, 0.2) is 30.3 Å². The summed E-state index contributed by atoms with van der Waals surface area (Å²) < 4.78 is 5.31. The molecule has 2 aromatic rings. The van der Waals surface area contributed by atoms with E-state index in [1.165, 1.54) is 5.56 Å². The molecular formula is C14H19N5O. The lowest BCUT2D eigenvalue weighted by molar-refractivity contribution is 0.312. The summed E-state index contributed by atoms with van der Waals surface area (Å²) in [5.74, 6) is 1.01. The summed E-state index contributed by atoms with van der Waals surface area (Å²) >= 11 is 0. The Morgan fingerprint density at radius 1 is 1.05 bits per heavy atom. The average molecular weight is 273 g/mol. The summed E-state index contributed by atoms with van der Waals surface area (Å²) in [5, 5.41) is 6.08. The van der Waals surface area contributed by atoms with Crippen LogP contribution in [-0.2, 0) is 6.42 Å². The third-order valence-electron chi connectivity index (χ3n) is 2.65. The van der Waals surface area contributed by atoms with Crippen LogP contribution in [0.2, 0.25) is 0 Å². The Kier molecular flexibility index (Phi) is 5.11. The van der Waals surface area contributed by atoms with Crippen molar-refractivity contribution >= 4 is 11.9 Å². The zero-order valence-corrected chi connectivity index (χ0v) is 11.8. The van der Waals surface area contributed by atoms with Gasteiger partial charge in [0.1, 0.15) is 0 Å². The Balaban J connectivity index is 1.96. The SMILES string of the molecule is CCOc1nc(NC)nc(NCCc2ccccc2)n1. The predicted octanol–water partition coefficient (Wildman–Crippen LogP) is 1.97. The second-order valence-electron chi connectivity index (χ2n) is 4.11. The molecule has 0 unspecified atom stereocenters. The van der Waals surface area contributed by atoms with Gasteiger partial charge in [-0.25, -0.2) is 0 Å². The minimum absolute atomic E-state index is 0.328. The van der Waals surface area contributed by atoms with Gasteiger partial charge < -0.3 is 15.4 Å². The fourth-order valence-electron chi connectivity index (χ4n) is 1.70. The monoisotopic (exact) mass is 273 g/mol. The number of hydrogen-bond donors (Lipinski definition) is 2. The number of aromatic nitrogens is 3. The maximum atomic E-state index is 5.31. The van der Waals surface area contributed by atoms with E-state index in [4.69, 9.17) is 4.74 Å². The molecule has 2 rings (SSSR count). The Bertz CT molecular complexity index is 532. The summed E-state index contributed by atoms with van der Waals surface area (Å²) in [6.07, 6.45) is 0.908. The highest BCUT2D eigenvalue weighted by Crippen LogP contribution is 2.10. The molecule has 106 valence electrons. The summed E-state index contributed by atoms with van der Waals surface area (Å²) in [5.41, 5.74) is 1.27. The van der Waals surface area contributed by atoms with Gasteiger partial charge in [-0.3, -0.25) is 0 Å². The van der Waals surface area contributed by atoms with Gasteiger partial charge in [0.15, 0.2) is 0 Å². The van der Waals surface area contributed by atoms with Gasteiger partial charge >= 0.3 is 6.01 Å². The Hall–Kier alpha value is -2.37. The molecule has 20 heavy (non-hydrogen) atoms. The normalized spacial score (nSPS) is 10.1. The number of hydrogen-bond acceptors (Lipinski definition) is 6. The highest BCUT2D eigenvalue weighted by atomic mass is 16.5. The molecule has 6 nitrogen and oxygen atoms in total. The van der Waals surface area contributed by atoms with Crippen LogP contribution in [0.4, 0.5) is 11.9 Å². The maximum absolute atomic E-state index is 5.31. The molecule has 0 bridgehead atoms. The fourth-order valence-corrected chi connectivity index (χ4v) is 1.70. The fraction of sp³-hybridized carbons (Fsp3) is 0.357. The van der Waals surface area contributed by atoms with Crippen molar-refractivity contribution in [1.82, 2.24) is 15.0 Å². The largest absolute Gasteiger partial charge is 0.464 e. The van der Waals surface area contributed by atoms with Gasteiger partial charge in [-0.15, -0.1) is 0 Å². The van der Waals surface area contributed by atoms with E-state index in [9.17, 15) is 0 Å². The van der Waals surface area contributed by atoms with Gasteiger partial charge in [0.2, 0.25) is 11.9 Å². The van der Waals surface area contributed by atoms with Gasteiger partial charge in [0, 0.05) is 13.6 Å². The Morgan fingerprint density at radius 3 is 2.50 bits per heavy atom. The number of benzene rings is 1. The molecule has 0 spiro atoms. The lowest BCUT2D eigenvalue weighted by Gasteiger charge is -2.08. The van der Waals surface area contributed by atoms with E-state index >= 15 is 0 Å². The molecule has 0 aliphatic rings. The smallest absolute Gasteiger partial charge is 0.323 e. The van der Waals surface area contributed by atoms with E-state index in [1.807, 2.05) is 25.1 Å². The zero-order chi connectivity index (χ0) is 14.2. The quantitative estimate of drug-likeness (QED) is 0.803. The Labute approximate surface area is 118 Å². The zero-order valence-electron chi connectivity index (χ0n) is 11.8. The molecule has 2 N–H and O–H groups in total. The lowest BCUT2D eigenvalue weighted by Crippen LogP contribution is -2.11. The first-order chi connectivity index (χ1) is 9.81. The topological polar surface area (TPSA) is 72.0 Å². The van der Waals surface area contributed by atoms with Crippen LogP contribution in [0.5, 0.6) is 6.01 Å². The van der Waals surface area contributed by atoms with E-state index in [0.717, 1.165) is 13.0 Å². The van der Waals surface area contributed by atoms with E-state index in [0.29, 0.717) is 24.5 Å². The van der Waals surface area contributed by atoms with Gasteiger partial charge in [0.05, 0.1) is 6.61 Å². The van der Waals surface area contributed by atoms with Crippen molar-refractivity contribution in [2.45, 2.75) is 13.3 Å². The first-order valence-electron chi connectivity index (χ1n) is 6.66. The third kappa shape index (κ3) is 4.08. The summed E-state index contributed by atoms with van der Waals surface area (Å²) in [6.45, 7) is 3.17. The van der Waals surface area contributed by atoms with E-state index in [-0.39, 0.29) is 0 Å². The summed E-state index contributed by atoms with van der Waals surface area (Å²) in [7, 11) is 1.76. The number of ether oxygens (including phenoxy) is 1. The van der Waals surface area contributed by atoms with Crippen molar-refractivity contribution in [3.05, 3.63) is 35.9 Å². The summed E-state index contributed by atoms with van der Waals surface area (Å²) in [6, 6.07) is 10.6. The van der Waals surface area contributed by atoms with Crippen LogP contribution in [0.3, 0.4) is 0 Å². The van der Waals surface area contributed by atoms with Crippen molar-refractivity contribution in [2.75, 3.05) is 30.8 Å². The molecule has 0 fully saturated rings. The van der Waals surface area contributed by atoms with Crippen LogP contribution >= 0.6 is 0 Å². The molecule has 0 atom stereocenters. The van der Waals surface area contributed by atoms with E-state index < -0.39 is 0 Å². The highest BCUT2D eigenvalue weighted by molar-refractivity contribution is 5.35. The molecule has 0 saturated carbocycles. The third-order valence-corrected chi connectivity index (χ3v) is 2.65. The van der Waals surface area contributed by atoms with E-state index in [1.54, 1.807) is 7.05 Å². The molecule has 6 heteroatoms. The predicted molar refractivity (Wildman–Crippen MR) is 79.2 cm³/mol. The van der Waals surface area contributed by atoms with Crippen molar-refractivity contribution in [3.8, 4) is 6.01 Å². The molecule has 1 heterocycles. The number of nitrogens with zero attached hydrogens (tertiary/aromatic N) is 3. The van der Waals surface area contributed by atoms with Crippen molar-refractivity contribution in [2.24, 2.45) is 0 Å². The van der Waals surface area contributed by atoms with Crippen LogP contribution in [0.25, 0.3) is 0 Å². The number of nitrogens with one attached hydrogen (secondary N) is 2. The van der Waals surface area contributed by atoms with E-state index in [2.05, 4.69) is 37.7 Å². The second kappa shape index (κ2) is 7.28. The molecule has 1 aromatic carbocycles. The van der Waals surface area contributed by atoms with Gasteiger partial charge in [-0.2, -0.15) is 15.0 Å². The van der Waals surface area contributed by atoms with Crippen molar-refractivity contribution in [1.29, 1.82) is 0 Å². The van der Waals surface area contributed by atoms with Crippen LogP contribution < -0.4 is 15.4 Å². The Morgan fingerprint density at radius 2 is 1.80 bits per heavy atom. The van der Waals surface area contributed by atoms with Crippen molar-refractivity contribution < 1.29 is 4.74 Å². The van der Waals surface area contributed by atoms with Gasteiger partial charge in [-0.05, 0) is 18.9 Å². The molecule has 0 radical (unpaired) electrons. The molecule has 0 aliphatic heterocycles. The highest BCUT2D eigenvalue weighted by Gasteiger charge is 2.05. The standard InChI is InChI=1S/C14H19N5O/c1-3-20-14-18-12(15-2)17-13(19-14)16-10-9-11-7-5-4-6-8-11/h4-8H,3,9-10H2,1-2H3,(H2,15,16,17,18,19). The molecule has 0 aliphatic carbocycles. The molecule has 0 amide bonds. The average Bonchev–Trinajstić information content (AvgIpc) is 2.48.